The fraction of sp³-hybridized carbons (Fsp3) is 0.391. The van der Waals surface area contributed by atoms with Crippen LogP contribution < -0.4 is 11.1 Å². The van der Waals surface area contributed by atoms with Crippen LogP contribution in [0.15, 0.2) is 30.3 Å². The monoisotopic (exact) mass is 430 g/mol. The molecular weight excluding hydrogens is 404 g/mol. The summed E-state index contributed by atoms with van der Waals surface area (Å²) in [6, 6.07) is 7.21. The number of carbonyl (C=O) groups excluding carboxylic acids is 2. The standard InChI is InChI=1S/C23H27ClN2O2S/c1-4-23(2,3)15-8-11-17-18(13-15)29-22(20(17)21(25)28)26-19(27)12-7-14-5-9-16(24)10-6-14/h5-7,9-10,12,15H,4,8,11,13H2,1-3H3,(H2,25,28)(H,26,27). The molecule has 6 heteroatoms. The highest BCUT2D eigenvalue weighted by Gasteiger charge is 2.34. The van der Waals surface area contributed by atoms with Gasteiger partial charge in [-0.1, -0.05) is 50.9 Å². The zero-order valence-corrected chi connectivity index (χ0v) is 18.6. The molecule has 4 nitrogen and oxygen atoms in total. The third kappa shape index (κ3) is 4.90. The quantitative estimate of drug-likeness (QED) is 0.577. The highest BCUT2D eigenvalue weighted by Crippen LogP contribution is 2.45. The molecule has 0 radical (unpaired) electrons. The van der Waals surface area contributed by atoms with Crippen LogP contribution in [0, 0.1) is 11.3 Å². The molecule has 1 atom stereocenters. The Morgan fingerprint density at radius 1 is 1.31 bits per heavy atom. The maximum Gasteiger partial charge on any atom is 0.251 e. The van der Waals surface area contributed by atoms with Crippen LogP contribution in [0.25, 0.3) is 6.08 Å². The summed E-state index contributed by atoms with van der Waals surface area (Å²) in [7, 11) is 0. The van der Waals surface area contributed by atoms with Crippen molar-refractivity contribution in [3.05, 3.63) is 56.9 Å². The summed E-state index contributed by atoms with van der Waals surface area (Å²) in [4.78, 5) is 25.7. The van der Waals surface area contributed by atoms with E-state index >= 15 is 0 Å². The maximum absolute atomic E-state index is 12.4. The summed E-state index contributed by atoms with van der Waals surface area (Å²) < 4.78 is 0. The van der Waals surface area contributed by atoms with Crippen LogP contribution in [0.4, 0.5) is 5.00 Å². The Morgan fingerprint density at radius 3 is 2.62 bits per heavy atom. The van der Waals surface area contributed by atoms with E-state index in [1.165, 1.54) is 22.3 Å². The molecule has 0 saturated carbocycles. The number of thiophene rings is 1. The molecule has 3 rings (SSSR count). The fourth-order valence-corrected chi connectivity index (χ4v) is 5.25. The van der Waals surface area contributed by atoms with Gasteiger partial charge in [-0.25, -0.2) is 0 Å². The molecule has 1 unspecified atom stereocenters. The fourth-order valence-electron chi connectivity index (χ4n) is 3.79. The van der Waals surface area contributed by atoms with E-state index < -0.39 is 5.91 Å². The third-order valence-electron chi connectivity index (χ3n) is 6.06. The number of rotatable bonds is 6. The van der Waals surface area contributed by atoms with Crippen molar-refractivity contribution in [2.75, 3.05) is 5.32 Å². The summed E-state index contributed by atoms with van der Waals surface area (Å²) in [5, 5.41) is 4.07. The minimum atomic E-state index is -0.479. The van der Waals surface area contributed by atoms with Crippen molar-refractivity contribution >= 4 is 45.8 Å². The maximum atomic E-state index is 12.4. The Morgan fingerprint density at radius 2 is 2.00 bits per heavy atom. The Kier molecular flexibility index (Phi) is 6.49. The largest absolute Gasteiger partial charge is 0.365 e. The zero-order valence-electron chi connectivity index (χ0n) is 17.0. The number of anilines is 1. The summed E-state index contributed by atoms with van der Waals surface area (Å²) >= 11 is 7.37. The number of primary amides is 1. The van der Waals surface area contributed by atoms with Crippen LogP contribution in [0.1, 0.15) is 60.0 Å². The van der Waals surface area contributed by atoms with Gasteiger partial charge < -0.3 is 11.1 Å². The summed E-state index contributed by atoms with van der Waals surface area (Å²) in [6.45, 7) is 6.82. The molecule has 1 aromatic heterocycles. The SMILES string of the molecule is CCC(C)(C)C1CCc2c(sc(NC(=O)C=Cc3ccc(Cl)cc3)c2C(N)=O)C1. The molecule has 2 amide bonds. The van der Waals surface area contributed by atoms with Gasteiger partial charge in [0, 0.05) is 16.0 Å². The van der Waals surface area contributed by atoms with Crippen molar-refractivity contribution in [3.8, 4) is 0 Å². The van der Waals surface area contributed by atoms with Crippen LogP contribution in [0.3, 0.4) is 0 Å². The van der Waals surface area contributed by atoms with E-state index in [1.54, 1.807) is 18.2 Å². The number of nitrogens with two attached hydrogens (primary N) is 1. The van der Waals surface area contributed by atoms with Crippen molar-refractivity contribution < 1.29 is 9.59 Å². The first-order valence-electron chi connectivity index (χ1n) is 9.90. The van der Waals surface area contributed by atoms with Crippen molar-refractivity contribution in [1.29, 1.82) is 0 Å². The van der Waals surface area contributed by atoms with Gasteiger partial charge in [-0.3, -0.25) is 9.59 Å². The molecule has 1 aromatic carbocycles. The molecule has 1 aliphatic carbocycles. The lowest BCUT2D eigenvalue weighted by molar-refractivity contribution is -0.111. The van der Waals surface area contributed by atoms with E-state index in [0.29, 0.717) is 21.5 Å². The van der Waals surface area contributed by atoms with Gasteiger partial charge in [-0.05, 0) is 59.9 Å². The van der Waals surface area contributed by atoms with E-state index in [-0.39, 0.29) is 11.3 Å². The molecule has 0 bridgehead atoms. The van der Waals surface area contributed by atoms with Gasteiger partial charge in [0.1, 0.15) is 5.00 Å². The summed E-state index contributed by atoms with van der Waals surface area (Å²) in [5.74, 6) is -0.202. The average molecular weight is 431 g/mol. The average Bonchev–Trinajstić information content (AvgIpc) is 3.04. The molecule has 2 aromatic rings. The first-order chi connectivity index (χ1) is 13.7. The minimum absolute atomic E-state index is 0.249. The summed E-state index contributed by atoms with van der Waals surface area (Å²) in [6.07, 6.45) is 7.07. The van der Waals surface area contributed by atoms with Crippen LogP contribution >= 0.6 is 22.9 Å². The molecular formula is C23H27ClN2O2S. The Labute approximate surface area is 181 Å². The van der Waals surface area contributed by atoms with Crippen LogP contribution in [0.2, 0.25) is 5.02 Å². The number of fused-ring (bicyclic) bond motifs is 1. The molecule has 0 fully saturated rings. The van der Waals surface area contributed by atoms with Crippen molar-refractivity contribution in [3.63, 3.8) is 0 Å². The first-order valence-corrected chi connectivity index (χ1v) is 11.1. The van der Waals surface area contributed by atoms with Crippen LogP contribution in [-0.2, 0) is 17.6 Å². The minimum Gasteiger partial charge on any atom is -0.365 e. The lowest BCUT2D eigenvalue weighted by Gasteiger charge is -2.36. The highest BCUT2D eigenvalue weighted by atomic mass is 35.5. The normalized spacial score (nSPS) is 16.6. The number of benzene rings is 1. The van der Waals surface area contributed by atoms with Gasteiger partial charge in [-0.2, -0.15) is 0 Å². The van der Waals surface area contributed by atoms with E-state index in [4.69, 9.17) is 17.3 Å². The van der Waals surface area contributed by atoms with Gasteiger partial charge in [0.15, 0.2) is 0 Å². The number of hydrogen-bond acceptors (Lipinski definition) is 3. The predicted octanol–water partition coefficient (Wildman–Crippen LogP) is 5.69. The van der Waals surface area contributed by atoms with Crippen LogP contribution in [0.5, 0.6) is 0 Å². The van der Waals surface area contributed by atoms with Crippen molar-refractivity contribution in [1.82, 2.24) is 0 Å². The van der Waals surface area contributed by atoms with Gasteiger partial charge in [-0.15, -0.1) is 11.3 Å². The lowest BCUT2D eigenvalue weighted by atomic mass is 9.69. The lowest BCUT2D eigenvalue weighted by Crippen LogP contribution is -2.29. The van der Waals surface area contributed by atoms with E-state index in [0.717, 1.165) is 36.8 Å². The summed E-state index contributed by atoms with van der Waals surface area (Å²) in [5.41, 5.74) is 8.28. The number of amides is 2. The number of nitrogens with one attached hydrogen (secondary N) is 1. The predicted molar refractivity (Wildman–Crippen MR) is 122 cm³/mol. The number of carbonyl (C=O) groups is 2. The second kappa shape index (κ2) is 8.72. The Bertz CT molecular complexity index is 945. The number of halogens is 1. The smallest absolute Gasteiger partial charge is 0.251 e. The third-order valence-corrected chi connectivity index (χ3v) is 7.48. The van der Waals surface area contributed by atoms with E-state index in [1.807, 2.05) is 12.1 Å². The molecule has 0 aliphatic heterocycles. The van der Waals surface area contributed by atoms with E-state index in [9.17, 15) is 9.59 Å². The molecule has 29 heavy (non-hydrogen) atoms. The second-order valence-corrected chi connectivity index (χ2v) is 9.77. The van der Waals surface area contributed by atoms with Crippen molar-refractivity contribution in [2.24, 2.45) is 17.1 Å². The highest BCUT2D eigenvalue weighted by molar-refractivity contribution is 7.17. The second-order valence-electron chi connectivity index (χ2n) is 8.23. The molecule has 0 spiro atoms. The topological polar surface area (TPSA) is 72.2 Å². The van der Waals surface area contributed by atoms with Crippen LogP contribution in [-0.4, -0.2) is 11.8 Å². The van der Waals surface area contributed by atoms with Gasteiger partial charge in [0.25, 0.3) is 5.91 Å². The van der Waals surface area contributed by atoms with Gasteiger partial charge in [0.2, 0.25) is 5.91 Å². The Balaban J connectivity index is 1.80. The molecule has 1 aliphatic rings. The van der Waals surface area contributed by atoms with Gasteiger partial charge >= 0.3 is 0 Å². The molecule has 1 heterocycles. The molecule has 154 valence electrons. The van der Waals surface area contributed by atoms with Gasteiger partial charge in [0.05, 0.1) is 5.56 Å². The van der Waals surface area contributed by atoms with E-state index in [2.05, 4.69) is 26.1 Å². The molecule has 0 saturated heterocycles. The zero-order chi connectivity index (χ0) is 21.2. The number of hydrogen-bond donors (Lipinski definition) is 2. The molecule has 3 N–H and O–H groups in total. The first kappa shape index (κ1) is 21.6. The van der Waals surface area contributed by atoms with Crippen molar-refractivity contribution in [2.45, 2.75) is 46.5 Å². The Hall–Kier alpha value is -2.11.